The van der Waals surface area contributed by atoms with E-state index in [9.17, 15) is 4.79 Å². The average Bonchev–Trinajstić information content (AvgIpc) is 3.60. The second kappa shape index (κ2) is 12.2. The largest absolute Gasteiger partial charge is 0.356 e. The van der Waals surface area contributed by atoms with E-state index in [4.69, 9.17) is 24.6 Å². The number of nitrogens with one attached hydrogen (secondary N) is 2. The van der Waals surface area contributed by atoms with E-state index in [1.165, 1.54) is 16.2 Å². The average molecular weight is 583 g/mol. The summed E-state index contributed by atoms with van der Waals surface area (Å²) in [5, 5.41) is 17.8. The standard InChI is InChI=1S/C29H24BClN6OS2/c1-17-18(2)40-29-26(17)27(21-8-10-22(31)11-9-21)34-24(28-36-35-19(3)37(28)29)15-25(38)32-12-5-7-23-14-20(16-39-23)6-4-13-33-30/h8-11,14,16,24,33H,12-13,15H2,1-3H3,(H,32,38)/t24-/m0/s1. The quantitative estimate of drug-likeness (QED) is 0.269. The van der Waals surface area contributed by atoms with Crippen molar-refractivity contribution in [1.82, 2.24) is 25.3 Å². The highest BCUT2D eigenvalue weighted by molar-refractivity contribution is 7.15. The number of thiophene rings is 2. The predicted molar refractivity (Wildman–Crippen MR) is 163 cm³/mol. The molecule has 7 nitrogen and oxygen atoms in total. The number of benzene rings is 1. The van der Waals surface area contributed by atoms with Crippen molar-refractivity contribution in [2.45, 2.75) is 33.2 Å². The molecule has 1 aromatic carbocycles. The number of carbonyl (C=O) groups is 1. The molecule has 2 N–H and O–H groups in total. The van der Waals surface area contributed by atoms with E-state index >= 15 is 0 Å². The Morgan fingerprint density at radius 1 is 1.12 bits per heavy atom. The molecule has 1 aliphatic heterocycles. The molecule has 11 heteroatoms. The molecule has 3 aromatic heterocycles. The highest BCUT2D eigenvalue weighted by atomic mass is 35.5. The van der Waals surface area contributed by atoms with Crippen LogP contribution in [-0.2, 0) is 4.79 Å². The summed E-state index contributed by atoms with van der Waals surface area (Å²) in [6.45, 7) is 6.75. The summed E-state index contributed by atoms with van der Waals surface area (Å²) in [7, 11) is 5.23. The van der Waals surface area contributed by atoms with Crippen LogP contribution < -0.4 is 10.5 Å². The first-order valence-corrected chi connectivity index (χ1v) is 14.6. The Kier molecular flexibility index (Phi) is 8.53. The number of amides is 1. The number of aryl methyl sites for hydroxylation is 2. The van der Waals surface area contributed by atoms with E-state index in [1.807, 2.05) is 47.2 Å². The van der Waals surface area contributed by atoms with E-state index in [0.29, 0.717) is 17.4 Å². The van der Waals surface area contributed by atoms with Crippen LogP contribution in [0.5, 0.6) is 0 Å². The van der Waals surface area contributed by atoms with Gasteiger partial charge >= 0.3 is 0 Å². The van der Waals surface area contributed by atoms with Crippen molar-refractivity contribution in [1.29, 1.82) is 0 Å². The lowest BCUT2D eigenvalue weighted by Crippen LogP contribution is -2.25. The summed E-state index contributed by atoms with van der Waals surface area (Å²) in [5.74, 6) is 13.2. The summed E-state index contributed by atoms with van der Waals surface area (Å²) in [6, 6.07) is 9.01. The lowest BCUT2D eigenvalue weighted by molar-refractivity contribution is -0.121. The van der Waals surface area contributed by atoms with Gasteiger partial charge in [-0.2, -0.15) is 0 Å². The Bertz CT molecular complexity index is 1730. The molecule has 0 fully saturated rings. The predicted octanol–water partition coefficient (Wildman–Crippen LogP) is 4.44. The van der Waals surface area contributed by atoms with Gasteiger partial charge in [-0.3, -0.25) is 14.4 Å². The number of nitrogens with zero attached hydrogens (tertiary/aromatic N) is 4. The fourth-order valence-corrected chi connectivity index (χ4v) is 6.37. The Morgan fingerprint density at radius 3 is 2.67 bits per heavy atom. The third-order valence-electron chi connectivity index (χ3n) is 6.34. The third-order valence-corrected chi connectivity index (χ3v) is 8.63. The zero-order valence-corrected chi connectivity index (χ0v) is 24.5. The summed E-state index contributed by atoms with van der Waals surface area (Å²) in [4.78, 5) is 20.3. The SMILES string of the molecule is [B]NCC#Cc1csc(C#CCNC(=O)C[C@@H]2N=C(c3ccc(Cl)cc3)c3c(sc(C)c3C)-n3c(C)nnc32)c1. The van der Waals surface area contributed by atoms with Crippen molar-refractivity contribution in [2.75, 3.05) is 13.1 Å². The Balaban J connectivity index is 1.38. The van der Waals surface area contributed by atoms with Crippen LogP contribution in [0.4, 0.5) is 0 Å². The maximum atomic E-state index is 13.1. The van der Waals surface area contributed by atoms with E-state index in [0.717, 1.165) is 43.7 Å². The van der Waals surface area contributed by atoms with Crippen LogP contribution in [0.3, 0.4) is 0 Å². The molecule has 1 amide bonds. The molecule has 198 valence electrons. The van der Waals surface area contributed by atoms with Gasteiger partial charge in [0.05, 0.1) is 23.6 Å². The highest BCUT2D eigenvalue weighted by Gasteiger charge is 2.32. The van der Waals surface area contributed by atoms with Gasteiger partial charge in [0.15, 0.2) is 13.8 Å². The maximum Gasteiger partial charge on any atom is 0.223 e. The molecule has 4 heterocycles. The molecular formula is C29H24BClN6OS2. The fourth-order valence-electron chi connectivity index (χ4n) is 4.32. The molecule has 2 radical (unpaired) electrons. The first-order chi connectivity index (χ1) is 19.4. The van der Waals surface area contributed by atoms with Crippen LogP contribution in [0.25, 0.3) is 5.00 Å². The monoisotopic (exact) mass is 582 g/mol. The summed E-state index contributed by atoms with van der Waals surface area (Å²) in [6.07, 6.45) is 0.109. The van der Waals surface area contributed by atoms with Crippen molar-refractivity contribution in [3.8, 4) is 28.7 Å². The number of halogens is 1. The second-order valence-electron chi connectivity index (χ2n) is 9.07. The zero-order chi connectivity index (χ0) is 28.2. The van der Waals surface area contributed by atoms with Gasteiger partial charge in [-0.1, -0.05) is 47.4 Å². The number of hydrogen-bond acceptors (Lipinski definition) is 7. The number of rotatable bonds is 5. The van der Waals surface area contributed by atoms with Crippen molar-refractivity contribution in [2.24, 2.45) is 4.99 Å². The zero-order valence-electron chi connectivity index (χ0n) is 22.1. The topological polar surface area (TPSA) is 84.2 Å². The number of carbonyl (C=O) groups excluding carboxylic acids is 1. The van der Waals surface area contributed by atoms with Crippen molar-refractivity contribution in [3.05, 3.63) is 84.4 Å². The first kappa shape index (κ1) is 27.9. The van der Waals surface area contributed by atoms with Crippen LogP contribution in [0.15, 0.2) is 40.7 Å². The Hall–Kier alpha value is -3.67. The van der Waals surface area contributed by atoms with E-state index in [2.05, 4.69) is 58.3 Å². The Labute approximate surface area is 247 Å². The molecular weight excluding hydrogens is 559 g/mol. The molecule has 40 heavy (non-hydrogen) atoms. The smallest absolute Gasteiger partial charge is 0.223 e. The number of hydrogen-bond donors (Lipinski definition) is 2. The van der Waals surface area contributed by atoms with Gasteiger partial charge in [-0.05, 0) is 44.5 Å². The van der Waals surface area contributed by atoms with Crippen LogP contribution in [0, 0.1) is 44.5 Å². The van der Waals surface area contributed by atoms with Gasteiger partial charge in [0.25, 0.3) is 0 Å². The number of aliphatic imine (C=N–C) groups is 1. The lowest BCUT2D eigenvalue weighted by Gasteiger charge is -2.12. The van der Waals surface area contributed by atoms with Crippen molar-refractivity contribution < 1.29 is 4.79 Å². The van der Waals surface area contributed by atoms with Gasteiger partial charge in [0.2, 0.25) is 5.91 Å². The molecule has 1 aliphatic rings. The molecule has 1 atom stereocenters. The van der Waals surface area contributed by atoms with E-state index in [1.54, 1.807) is 11.3 Å². The number of aromatic nitrogens is 3. The van der Waals surface area contributed by atoms with Gasteiger partial charge in [-0.25, -0.2) is 0 Å². The first-order valence-electron chi connectivity index (χ1n) is 12.5. The fraction of sp³-hybridized carbons (Fsp3) is 0.241. The van der Waals surface area contributed by atoms with Crippen molar-refractivity contribution >= 4 is 53.9 Å². The summed E-state index contributed by atoms with van der Waals surface area (Å²) in [5.41, 5.74) is 4.80. The molecule has 0 aliphatic carbocycles. The van der Waals surface area contributed by atoms with Crippen LogP contribution in [0.1, 0.15) is 56.1 Å². The normalized spacial score (nSPS) is 13.6. The Morgan fingerprint density at radius 2 is 1.90 bits per heavy atom. The maximum absolute atomic E-state index is 13.1. The molecule has 0 saturated carbocycles. The summed E-state index contributed by atoms with van der Waals surface area (Å²) < 4.78 is 2.03. The molecule has 0 saturated heterocycles. The van der Waals surface area contributed by atoms with E-state index < -0.39 is 6.04 Å². The molecule has 0 bridgehead atoms. The second-order valence-corrected chi connectivity index (χ2v) is 11.6. The highest BCUT2D eigenvalue weighted by Crippen LogP contribution is 2.39. The van der Waals surface area contributed by atoms with Crippen molar-refractivity contribution in [3.63, 3.8) is 0 Å². The molecule has 0 spiro atoms. The lowest BCUT2D eigenvalue weighted by atomic mass is 9.99. The van der Waals surface area contributed by atoms with Crippen LogP contribution >= 0.6 is 34.3 Å². The molecule has 5 rings (SSSR count). The molecule has 4 aromatic rings. The minimum absolute atomic E-state index is 0.109. The van der Waals surface area contributed by atoms with Gasteiger partial charge < -0.3 is 10.5 Å². The molecule has 0 unspecified atom stereocenters. The van der Waals surface area contributed by atoms with Gasteiger partial charge in [-0.15, -0.1) is 32.9 Å². The summed E-state index contributed by atoms with van der Waals surface area (Å²) >= 11 is 9.36. The van der Waals surface area contributed by atoms with Gasteiger partial charge in [0.1, 0.15) is 16.9 Å². The van der Waals surface area contributed by atoms with E-state index in [-0.39, 0.29) is 18.9 Å². The van der Waals surface area contributed by atoms with Gasteiger partial charge in [0, 0.05) is 38.5 Å². The minimum atomic E-state index is -0.527. The number of fused-ring (bicyclic) bond motifs is 3. The van der Waals surface area contributed by atoms with Crippen LogP contribution in [-0.4, -0.2) is 47.5 Å². The third kappa shape index (κ3) is 5.91. The minimum Gasteiger partial charge on any atom is -0.356 e. The van der Waals surface area contributed by atoms with Crippen LogP contribution in [0.2, 0.25) is 5.02 Å².